The third kappa shape index (κ3) is 4.57. The van der Waals surface area contributed by atoms with Crippen LogP contribution in [-0.2, 0) is 14.4 Å². The molecule has 0 radical (unpaired) electrons. The lowest BCUT2D eigenvalue weighted by atomic mass is 9.82. The van der Waals surface area contributed by atoms with Crippen LogP contribution in [0, 0.1) is 5.41 Å². The van der Waals surface area contributed by atoms with Crippen LogP contribution in [0.3, 0.4) is 0 Å². The fourth-order valence-electron chi connectivity index (χ4n) is 2.47. The van der Waals surface area contributed by atoms with E-state index in [1.165, 1.54) is 9.80 Å². The standard InChI is InChI=1S/C14H24N4O5/c1-3-14(4-2,12(21)22)9-16-13(23)18-6-5-17(7-10(15)19)11(20)8-18/h3-9H2,1-2H3,(H2,15,19)(H,16,23)(H,21,22). The van der Waals surface area contributed by atoms with Crippen molar-refractivity contribution in [2.24, 2.45) is 11.1 Å². The molecule has 0 aromatic carbocycles. The number of hydrogen-bond donors (Lipinski definition) is 3. The highest BCUT2D eigenvalue weighted by Crippen LogP contribution is 2.25. The summed E-state index contributed by atoms with van der Waals surface area (Å²) in [6, 6.07) is -0.482. The molecule has 0 aromatic rings. The molecule has 0 saturated carbocycles. The van der Waals surface area contributed by atoms with Crippen molar-refractivity contribution >= 4 is 23.8 Å². The van der Waals surface area contributed by atoms with Gasteiger partial charge in [-0.15, -0.1) is 0 Å². The van der Waals surface area contributed by atoms with E-state index in [0.29, 0.717) is 12.8 Å². The number of nitrogens with two attached hydrogens (primary N) is 1. The lowest BCUT2D eigenvalue weighted by Crippen LogP contribution is -2.57. The Morgan fingerprint density at radius 2 is 1.87 bits per heavy atom. The monoisotopic (exact) mass is 328 g/mol. The summed E-state index contributed by atoms with van der Waals surface area (Å²) in [7, 11) is 0. The highest BCUT2D eigenvalue weighted by Gasteiger charge is 2.36. The minimum Gasteiger partial charge on any atom is -0.481 e. The molecular weight excluding hydrogens is 304 g/mol. The van der Waals surface area contributed by atoms with Crippen LogP contribution in [0.15, 0.2) is 0 Å². The number of hydrogen-bond acceptors (Lipinski definition) is 4. The van der Waals surface area contributed by atoms with Crippen LogP contribution in [0.2, 0.25) is 0 Å². The number of amides is 4. The summed E-state index contributed by atoms with van der Waals surface area (Å²) in [6.07, 6.45) is 0.787. The van der Waals surface area contributed by atoms with Gasteiger partial charge in [0.1, 0.15) is 6.54 Å². The summed E-state index contributed by atoms with van der Waals surface area (Å²) in [5, 5.41) is 11.9. The number of urea groups is 1. The van der Waals surface area contributed by atoms with E-state index in [0.717, 1.165) is 0 Å². The highest BCUT2D eigenvalue weighted by molar-refractivity contribution is 5.88. The van der Waals surface area contributed by atoms with Crippen LogP contribution in [0.1, 0.15) is 26.7 Å². The Balaban J connectivity index is 2.58. The second kappa shape index (κ2) is 7.80. The molecule has 0 atom stereocenters. The first-order chi connectivity index (χ1) is 10.8. The normalized spacial score (nSPS) is 15.5. The molecule has 0 aromatic heterocycles. The van der Waals surface area contributed by atoms with Crippen LogP contribution in [-0.4, -0.2) is 71.4 Å². The lowest BCUT2D eigenvalue weighted by molar-refractivity contribution is -0.149. The number of nitrogens with one attached hydrogen (secondary N) is 1. The summed E-state index contributed by atoms with van der Waals surface area (Å²) in [5.41, 5.74) is 4.05. The molecule has 23 heavy (non-hydrogen) atoms. The largest absolute Gasteiger partial charge is 0.481 e. The smallest absolute Gasteiger partial charge is 0.317 e. The van der Waals surface area contributed by atoms with E-state index in [1.807, 2.05) is 0 Å². The van der Waals surface area contributed by atoms with Crippen LogP contribution in [0.5, 0.6) is 0 Å². The Morgan fingerprint density at radius 1 is 1.26 bits per heavy atom. The van der Waals surface area contributed by atoms with Gasteiger partial charge < -0.3 is 26.0 Å². The quantitative estimate of drug-likeness (QED) is 0.563. The molecule has 4 N–H and O–H groups in total. The average molecular weight is 328 g/mol. The fourth-order valence-corrected chi connectivity index (χ4v) is 2.47. The Bertz CT molecular complexity index is 490. The molecule has 9 heteroatoms. The molecule has 1 rings (SSSR count). The minimum atomic E-state index is -1.01. The fraction of sp³-hybridized carbons (Fsp3) is 0.714. The maximum atomic E-state index is 12.1. The molecule has 1 fully saturated rings. The molecule has 0 spiro atoms. The second-order valence-corrected chi connectivity index (χ2v) is 5.65. The number of carboxylic acids is 1. The van der Waals surface area contributed by atoms with Crippen molar-refractivity contribution in [1.82, 2.24) is 15.1 Å². The SMILES string of the molecule is CCC(CC)(CNC(=O)N1CCN(CC(N)=O)C(=O)C1)C(=O)O. The Morgan fingerprint density at radius 3 is 2.30 bits per heavy atom. The number of piperazine rings is 1. The van der Waals surface area contributed by atoms with Crippen molar-refractivity contribution < 1.29 is 24.3 Å². The average Bonchev–Trinajstić information content (AvgIpc) is 2.49. The van der Waals surface area contributed by atoms with Crippen LogP contribution < -0.4 is 11.1 Å². The van der Waals surface area contributed by atoms with Gasteiger partial charge in [0.2, 0.25) is 11.8 Å². The van der Waals surface area contributed by atoms with E-state index in [1.54, 1.807) is 13.8 Å². The topological polar surface area (TPSA) is 133 Å². The summed E-state index contributed by atoms with van der Waals surface area (Å²) >= 11 is 0. The number of rotatable bonds is 7. The van der Waals surface area contributed by atoms with E-state index >= 15 is 0 Å². The maximum Gasteiger partial charge on any atom is 0.317 e. The number of carboxylic acid groups (broad SMARTS) is 1. The zero-order valence-corrected chi connectivity index (χ0v) is 13.5. The molecule has 0 bridgehead atoms. The predicted octanol–water partition coefficient (Wildman–Crippen LogP) is -0.783. The number of nitrogens with zero attached hydrogens (tertiary/aromatic N) is 2. The molecule has 1 aliphatic heterocycles. The summed E-state index contributed by atoms with van der Waals surface area (Å²) in [5.74, 6) is -1.92. The first-order valence-electron chi connectivity index (χ1n) is 7.58. The molecule has 4 amide bonds. The molecule has 0 aliphatic carbocycles. The molecule has 9 nitrogen and oxygen atoms in total. The number of carbonyl (C=O) groups excluding carboxylic acids is 3. The Hall–Kier alpha value is -2.32. The van der Waals surface area contributed by atoms with Crippen molar-refractivity contribution in [2.75, 3.05) is 32.7 Å². The van der Waals surface area contributed by atoms with Crippen molar-refractivity contribution in [3.05, 3.63) is 0 Å². The van der Waals surface area contributed by atoms with Crippen molar-refractivity contribution in [2.45, 2.75) is 26.7 Å². The third-order valence-corrected chi connectivity index (χ3v) is 4.34. The maximum absolute atomic E-state index is 12.1. The van der Waals surface area contributed by atoms with E-state index in [9.17, 15) is 24.3 Å². The van der Waals surface area contributed by atoms with Crippen molar-refractivity contribution in [1.29, 1.82) is 0 Å². The zero-order chi connectivity index (χ0) is 17.6. The van der Waals surface area contributed by atoms with Crippen molar-refractivity contribution in [3.63, 3.8) is 0 Å². The van der Waals surface area contributed by atoms with Crippen LogP contribution in [0.25, 0.3) is 0 Å². The van der Waals surface area contributed by atoms with E-state index in [-0.39, 0.29) is 38.6 Å². The molecule has 1 heterocycles. The molecule has 130 valence electrons. The highest BCUT2D eigenvalue weighted by atomic mass is 16.4. The Kier molecular flexibility index (Phi) is 6.35. The lowest BCUT2D eigenvalue weighted by Gasteiger charge is -2.34. The van der Waals surface area contributed by atoms with E-state index in [4.69, 9.17) is 5.73 Å². The van der Waals surface area contributed by atoms with Gasteiger partial charge in [-0.1, -0.05) is 13.8 Å². The number of carbonyl (C=O) groups is 4. The van der Waals surface area contributed by atoms with Gasteiger partial charge in [-0.2, -0.15) is 0 Å². The van der Waals surface area contributed by atoms with Crippen molar-refractivity contribution in [3.8, 4) is 0 Å². The second-order valence-electron chi connectivity index (χ2n) is 5.65. The minimum absolute atomic E-state index is 0.00383. The molecule has 0 unspecified atom stereocenters. The zero-order valence-electron chi connectivity index (χ0n) is 13.5. The molecule has 1 saturated heterocycles. The summed E-state index contributed by atoms with van der Waals surface area (Å²) in [4.78, 5) is 48.9. The summed E-state index contributed by atoms with van der Waals surface area (Å²) in [6.45, 7) is 3.69. The van der Waals surface area contributed by atoms with Gasteiger partial charge in [0, 0.05) is 19.6 Å². The first kappa shape index (κ1) is 18.7. The molecule has 1 aliphatic rings. The van der Waals surface area contributed by atoms with E-state index < -0.39 is 23.3 Å². The predicted molar refractivity (Wildman–Crippen MR) is 81.4 cm³/mol. The summed E-state index contributed by atoms with van der Waals surface area (Å²) < 4.78 is 0. The van der Waals surface area contributed by atoms with Gasteiger partial charge in [-0.05, 0) is 12.8 Å². The van der Waals surface area contributed by atoms with Gasteiger partial charge in [-0.25, -0.2) is 4.79 Å². The third-order valence-electron chi connectivity index (χ3n) is 4.34. The van der Waals surface area contributed by atoms with Gasteiger partial charge in [0.15, 0.2) is 0 Å². The van der Waals surface area contributed by atoms with Gasteiger partial charge in [-0.3, -0.25) is 14.4 Å². The van der Waals surface area contributed by atoms with Crippen LogP contribution >= 0.6 is 0 Å². The Labute approximate surface area is 134 Å². The van der Waals surface area contributed by atoms with Crippen LogP contribution in [0.4, 0.5) is 4.79 Å². The molecular formula is C14H24N4O5. The van der Waals surface area contributed by atoms with Gasteiger partial charge in [0.05, 0.1) is 12.0 Å². The van der Waals surface area contributed by atoms with Gasteiger partial charge >= 0.3 is 12.0 Å². The van der Waals surface area contributed by atoms with E-state index in [2.05, 4.69) is 5.32 Å². The van der Waals surface area contributed by atoms with Gasteiger partial charge in [0.25, 0.3) is 0 Å². The number of aliphatic carboxylic acids is 1. The first-order valence-corrected chi connectivity index (χ1v) is 7.58. The number of primary amides is 1.